The van der Waals surface area contributed by atoms with E-state index >= 15 is 0 Å². The fourth-order valence-corrected chi connectivity index (χ4v) is 3.34. The molecule has 4 atom stereocenters. The molecule has 6 heteroatoms. The average Bonchev–Trinajstić information content (AvgIpc) is 2.81. The van der Waals surface area contributed by atoms with Crippen LogP contribution in [0, 0.1) is 5.92 Å². The summed E-state index contributed by atoms with van der Waals surface area (Å²) in [5.74, 6) is -1.06. The Bertz CT molecular complexity index is 325. The van der Waals surface area contributed by atoms with Crippen LogP contribution in [0.1, 0.15) is 39.5 Å². The van der Waals surface area contributed by atoms with Gasteiger partial charge in [-0.15, -0.1) is 0 Å². The molecule has 0 aromatic carbocycles. The topological polar surface area (TPSA) is 78.4 Å². The second kappa shape index (κ2) is 7.62. The lowest BCUT2D eigenvalue weighted by atomic mass is 9.99. The number of thioether (sulfide) groups is 1. The lowest BCUT2D eigenvalue weighted by Crippen LogP contribution is -2.52. The van der Waals surface area contributed by atoms with Crippen molar-refractivity contribution in [2.75, 3.05) is 6.26 Å². The number of rotatable bonds is 6. The standard InChI is InChI=1S/C13H24N2O3S/c1-4-8(2)11(12(16)17)15-13(18)14-9-6-5-7-10(9)19-3/h8-11H,4-7H2,1-3H3,(H,16,17)(H2,14,15,18)/t8?,9?,10?,11-/m0/s1. The van der Waals surface area contributed by atoms with E-state index < -0.39 is 12.0 Å². The van der Waals surface area contributed by atoms with Crippen LogP contribution in [0.25, 0.3) is 0 Å². The highest BCUT2D eigenvalue weighted by molar-refractivity contribution is 7.99. The minimum absolute atomic E-state index is 0.0804. The van der Waals surface area contributed by atoms with Gasteiger partial charge in [0.25, 0.3) is 0 Å². The number of hydrogen-bond donors (Lipinski definition) is 3. The van der Waals surface area contributed by atoms with Gasteiger partial charge in [-0.05, 0) is 25.0 Å². The van der Waals surface area contributed by atoms with Crippen molar-refractivity contribution in [3.8, 4) is 0 Å². The van der Waals surface area contributed by atoms with Crippen LogP contribution in [0.3, 0.4) is 0 Å². The first-order valence-corrected chi connectivity index (χ1v) is 8.11. The van der Waals surface area contributed by atoms with Gasteiger partial charge in [-0.1, -0.05) is 26.7 Å². The molecular weight excluding hydrogens is 264 g/mol. The number of amides is 2. The monoisotopic (exact) mass is 288 g/mol. The van der Waals surface area contributed by atoms with E-state index in [0.717, 1.165) is 19.3 Å². The molecule has 1 aliphatic rings. The number of carboxylic acid groups (broad SMARTS) is 1. The zero-order valence-electron chi connectivity index (χ0n) is 11.8. The Morgan fingerprint density at radius 3 is 2.63 bits per heavy atom. The van der Waals surface area contributed by atoms with Crippen LogP contribution in [0.4, 0.5) is 4.79 Å². The van der Waals surface area contributed by atoms with Crippen LogP contribution in [0.5, 0.6) is 0 Å². The summed E-state index contributed by atoms with van der Waals surface area (Å²) in [6, 6.07) is -1.03. The molecule has 0 aromatic rings. The Morgan fingerprint density at radius 2 is 2.11 bits per heavy atom. The first kappa shape index (κ1) is 16.1. The fourth-order valence-electron chi connectivity index (χ4n) is 2.41. The number of carboxylic acids is 1. The van der Waals surface area contributed by atoms with E-state index in [2.05, 4.69) is 10.6 Å². The summed E-state index contributed by atoms with van der Waals surface area (Å²) in [6.07, 6.45) is 5.96. The van der Waals surface area contributed by atoms with Crippen molar-refractivity contribution in [2.24, 2.45) is 5.92 Å². The van der Waals surface area contributed by atoms with Gasteiger partial charge in [0.15, 0.2) is 0 Å². The number of carbonyl (C=O) groups is 2. The Labute approximate surface area is 118 Å². The van der Waals surface area contributed by atoms with Crippen LogP contribution in [0.15, 0.2) is 0 Å². The van der Waals surface area contributed by atoms with Crippen molar-refractivity contribution >= 4 is 23.8 Å². The molecule has 3 unspecified atom stereocenters. The molecule has 0 radical (unpaired) electrons. The Hall–Kier alpha value is -0.910. The summed E-state index contributed by atoms with van der Waals surface area (Å²) in [4.78, 5) is 23.0. The van der Waals surface area contributed by atoms with Gasteiger partial charge in [0.2, 0.25) is 0 Å². The third-order valence-electron chi connectivity index (χ3n) is 3.84. The quantitative estimate of drug-likeness (QED) is 0.699. The molecule has 2 amide bonds. The molecule has 0 spiro atoms. The highest BCUT2D eigenvalue weighted by Crippen LogP contribution is 2.28. The van der Waals surface area contributed by atoms with E-state index in [1.807, 2.05) is 20.1 Å². The van der Waals surface area contributed by atoms with Gasteiger partial charge in [-0.2, -0.15) is 11.8 Å². The number of aliphatic carboxylic acids is 1. The van der Waals surface area contributed by atoms with E-state index in [1.54, 1.807) is 11.8 Å². The molecule has 1 aliphatic carbocycles. The maximum Gasteiger partial charge on any atom is 0.326 e. The third kappa shape index (κ3) is 4.60. The maximum atomic E-state index is 11.9. The smallest absolute Gasteiger partial charge is 0.326 e. The molecule has 5 nitrogen and oxygen atoms in total. The summed E-state index contributed by atoms with van der Waals surface area (Å²) >= 11 is 1.76. The van der Waals surface area contributed by atoms with Gasteiger partial charge in [-0.3, -0.25) is 0 Å². The zero-order chi connectivity index (χ0) is 14.4. The van der Waals surface area contributed by atoms with E-state index in [4.69, 9.17) is 5.11 Å². The fraction of sp³-hybridized carbons (Fsp3) is 0.846. The van der Waals surface area contributed by atoms with Gasteiger partial charge in [-0.25, -0.2) is 9.59 Å². The average molecular weight is 288 g/mol. The lowest BCUT2D eigenvalue weighted by molar-refractivity contribution is -0.140. The van der Waals surface area contributed by atoms with Crippen LogP contribution >= 0.6 is 11.8 Å². The largest absolute Gasteiger partial charge is 0.480 e. The summed E-state index contributed by atoms with van der Waals surface area (Å²) in [6.45, 7) is 3.75. The summed E-state index contributed by atoms with van der Waals surface area (Å²) < 4.78 is 0. The van der Waals surface area contributed by atoms with Crippen molar-refractivity contribution in [2.45, 2.75) is 56.9 Å². The predicted molar refractivity (Wildman–Crippen MR) is 77.5 cm³/mol. The van der Waals surface area contributed by atoms with E-state index in [-0.39, 0.29) is 18.0 Å². The van der Waals surface area contributed by atoms with Crippen LogP contribution in [-0.4, -0.2) is 40.7 Å². The molecule has 19 heavy (non-hydrogen) atoms. The second-order valence-electron chi connectivity index (χ2n) is 5.13. The highest BCUT2D eigenvalue weighted by atomic mass is 32.2. The van der Waals surface area contributed by atoms with Gasteiger partial charge >= 0.3 is 12.0 Å². The van der Waals surface area contributed by atoms with Gasteiger partial charge < -0.3 is 15.7 Å². The molecule has 110 valence electrons. The zero-order valence-corrected chi connectivity index (χ0v) is 12.6. The summed E-state index contributed by atoms with van der Waals surface area (Å²) in [5, 5.41) is 15.1. The first-order chi connectivity index (χ1) is 8.99. The van der Waals surface area contributed by atoms with Crippen LogP contribution in [-0.2, 0) is 4.79 Å². The second-order valence-corrected chi connectivity index (χ2v) is 6.21. The number of urea groups is 1. The van der Waals surface area contributed by atoms with Crippen LogP contribution < -0.4 is 10.6 Å². The van der Waals surface area contributed by atoms with Gasteiger partial charge in [0.05, 0.1) is 0 Å². The SMILES string of the molecule is CCC(C)[C@H](NC(=O)NC1CCCC1SC)C(=O)O. The Morgan fingerprint density at radius 1 is 1.42 bits per heavy atom. The third-order valence-corrected chi connectivity index (χ3v) is 5.01. The number of nitrogens with one attached hydrogen (secondary N) is 2. The molecule has 0 heterocycles. The number of hydrogen-bond acceptors (Lipinski definition) is 3. The Balaban J connectivity index is 2.51. The van der Waals surface area contributed by atoms with Crippen LogP contribution in [0.2, 0.25) is 0 Å². The van der Waals surface area contributed by atoms with Crippen molar-refractivity contribution in [3.63, 3.8) is 0 Å². The molecule has 1 saturated carbocycles. The lowest BCUT2D eigenvalue weighted by Gasteiger charge is -2.24. The molecule has 1 rings (SSSR count). The highest BCUT2D eigenvalue weighted by Gasteiger charge is 2.30. The minimum atomic E-state index is -0.975. The molecule has 1 fully saturated rings. The maximum absolute atomic E-state index is 11.9. The molecule has 0 aromatic heterocycles. The molecule has 0 bridgehead atoms. The van der Waals surface area contributed by atoms with E-state index in [0.29, 0.717) is 11.7 Å². The summed E-state index contributed by atoms with van der Waals surface area (Å²) in [5.41, 5.74) is 0. The van der Waals surface area contributed by atoms with E-state index in [1.165, 1.54) is 0 Å². The summed E-state index contributed by atoms with van der Waals surface area (Å²) in [7, 11) is 0. The predicted octanol–water partition coefficient (Wildman–Crippen LogP) is 2.07. The van der Waals surface area contributed by atoms with Crippen molar-refractivity contribution in [1.82, 2.24) is 10.6 Å². The molecular formula is C13H24N2O3S. The minimum Gasteiger partial charge on any atom is -0.480 e. The normalized spacial score (nSPS) is 25.6. The Kier molecular flexibility index (Phi) is 6.48. The van der Waals surface area contributed by atoms with Crippen molar-refractivity contribution in [3.05, 3.63) is 0 Å². The molecule has 0 aliphatic heterocycles. The first-order valence-electron chi connectivity index (χ1n) is 6.82. The van der Waals surface area contributed by atoms with Crippen molar-refractivity contribution < 1.29 is 14.7 Å². The molecule has 3 N–H and O–H groups in total. The van der Waals surface area contributed by atoms with Crippen molar-refractivity contribution in [1.29, 1.82) is 0 Å². The number of carbonyl (C=O) groups excluding carboxylic acids is 1. The van der Waals surface area contributed by atoms with Gasteiger partial charge in [0, 0.05) is 11.3 Å². The van der Waals surface area contributed by atoms with E-state index in [9.17, 15) is 9.59 Å². The van der Waals surface area contributed by atoms with Gasteiger partial charge in [0.1, 0.15) is 6.04 Å². The molecule has 0 saturated heterocycles.